The topological polar surface area (TPSA) is 29.0 Å². The van der Waals surface area contributed by atoms with Crippen molar-refractivity contribution in [1.29, 1.82) is 0 Å². The van der Waals surface area contributed by atoms with Gasteiger partial charge in [0.15, 0.2) is 0 Å². The van der Waals surface area contributed by atoms with Crippen LogP contribution in [0.15, 0.2) is 30.6 Å². The Kier molecular flexibility index (Phi) is 4.55. The van der Waals surface area contributed by atoms with Crippen LogP contribution in [0.25, 0.3) is 0 Å². The molecule has 0 aliphatic rings. The summed E-state index contributed by atoms with van der Waals surface area (Å²) in [5.41, 5.74) is 1.32. The van der Waals surface area contributed by atoms with Crippen molar-refractivity contribution >= 4 is 23.1 Å². The fraction of sp³-hybridized carbons (Fsp3) is 0.333. The van der Waals surface area contributed by atoms with Gasteiger partial charge in [-0.3, -0.25) is 0 Å². The van der Waals surface area contributed by atoms with Gasteiger partial charge in [-0.05, 0) is 25.0 Å². The Hall–Kier alpha value is -1.68. The summed E-state index contributed by atoms with van der Waals surface area (Å²) in [6, 6.07) is 6.65. The second-order valence-corrected chi connectivity index (χ2v) is 5.11. The molecule has 0 radical (unpaired) electrons. The van der Waals surface area contributed by atoms with E-state index in [-0.39, 0.29) is 11.7 Å². The van der Waals surface area contributed by atoms with Crippen LogP contribution < -0.4 is 4.90 Å². The maximum absolute atomic E-state index is 14.0. The van der Waals surface area contributed by atoms with E-state index in [0.717, 1.165) is 5.56 Å². The molecule has 0 spiro atoms. The fourth-order valence-corrected chi connectivity index (χ4v) is 2.53. The van der Waals surface area contributed by atoms with Gasteiger partial charge in [-0.15, -0.1) is 0 Å². The van der Waals surface area contributed by atoms with Gasteiger partial charge in [0.05, 0.1) is 5.69 Å². The minimum Gasteiger partial charge on any atom is -0.324 e. The Morgan fingerprint density at radius 1 is 1.25 bits per heavy atom. The quantitative estimate of drug-likeness (QED) is 0.774. The third-order valence-electron chi connectivity index (χ3n) is 3.11. The molecule has 1 aromatic heterocycles. The first-order chi connectivity index (χ1) is 9.56. The van der Waals surface area contributed by atoms with Crippen LogP contribution in [0.2, 0.25) is 5.15 Å². The zero-order valence-corrected chi connectivity index (χ0v) is 12.5. The number of rotatable bonds is 4. The van der Waals surface area contributed by atoms with E-state index in [2.05, 4.69) is 9.97 Å². The molecule has 0 atom stereocenters. The van der Waals surface area contributed by atoms with E-state index < -0.39 is 0 Å². The molecule has 1 aromatic carbocycles. The minimum absolute atomic E-state index is 0.152. The van der Waals surface area contributed by atoms with E-state index in [1.807, 2.05) is 25.7 Å². The van der Waals surface area contributed by atoms with Crippen LogP contribution in [-0.2, 0) is 0 Å². The third kappa shape index (κ3) is 2.75. The highest BCUT2D eigenvalue weighted by molar-refractivity contribution is 6.30. The molecule has 0 aliphatic carbocycles. The number of hydrogen-bond donors (Lipinski definition) is 0. The molecule has 3 nitrogen and oxygen atoms in total. The van der Waals surface area contributed by atoms with Crippen molar-refractivity contribution in [2.45, 2.75) is 26.7 Å². The summed E-state index contributed by atoms with van der Waals surface area (Å²) in [5.74, 6) is 0.533. The molecule has 1 heterocycles. The monoisotopic (exact) mass is 293 g/mol. The first-order valence-electron chi connectivity index (χ1n) is 6.58. The average Bonchev–Trinajstić information content (AvgIpc) is 2.41. The van der Waals surface area contributed by atoms with Crippen LogP contribution >= 0.6 is 11.6 Å². The van der Waals surface area contributed by atoms with Crippen LogP contribution in [0.3, 0.4) is 0 Å². The standard InChI is InChI=1S/C15H17ClFN3/c1-4-20(12-8-6-5-7-11(12)17)15-13(10(2)3)14(16)18-9-19-15/h5-10H,4H2,1-3H3. The summed E-state index contributed by atoms with van der Waals surface area (Å²) >= 11 is 6.18. The number of nitrogens with zero attached hydrogens (tertiary/aromatic N) is 3. The fourth-order valence-electron chi connectivity index (χ4n) is 2.18. The number of para-hydroxylation sites is 1. The van der Waals surface area contributed by atoms with Crippen molar-refractivity contribution in [1.82, 2.24) is 9.97 Å². The lowest BCUT2D eigenvalue weighted by Crippen LogP contribution is -2.21. The van der Waals surface area contributed by atoms with Crippen LogP contribution in [0, 0.1) is 5.82 Å². The van der Waals surface area contributed by atoms with Crippen LogP contribution in [0.1, 0.15) is 32.3 Å². The smallest absolute Gasteiger partial charge is 0.146 e. The molecule has 0 aliphatic heterocycles. The van der Waals surface area contributed by atoms with Crippen molar-refractivity contribution in [2.75, 3.05) is 11.4 Å². The molecular weight excluding hydrogens is 277 g/mol. The van der Waals surface area contributed by atoms with E-state index >= 15 is 0 Å². The first kappa shape index (κ1) is 14.7. The molecule has 5 heteroatoms. The molecule has 0 N–H and O–H groups in total. The lowest BCUT2D eigenvalue weighted by Gasteiger charge is -2.26. The molecule has 0 fully saturated rings. The molecular formula is C15H17ClFN3. The first-order valence-corrected chi connectivity index (χ1v) is 6.96. The average molecular weight is 294 g/mol. The number of benzene rings is 1. The number of hydrogen-bond acceptors (Lipinski definition) is 3. The van der Waals surface area contributed by atoms with Gasteiger partial charge in [-0.1, -0.05) is 37.6 Å². The van der Waals surface area contributed by atoms with Gasteiger partial charge in [0.25, 0.3) is 0 Å². The molecule has 2 rings (SSSR count). The lowest BCUT2D eigenvalue weighted by molar-refractivity contribution is 0.624. The lowest BCUT2D eigenvalue weighted by atomic mass is 10.1. The number of halogens is 2. The Morgan fingerprint density at radius 3 is 2.55 bits per heavy atom. The molecule has 0 amide bonds. The molecule has 0 saturated heterocycles. The summed E-state index contributed by atoms with van der Waals surface area (Å²) in [6.07, 6.45) is 1.41. The zero-order chi connectivity index (χ0) is 14.7. The summed E-state index contributed by atoms with van der Waals surface area (Å²) in [6.45, 7) is 6.58. The van der Waals surface area contributed by atoms with Crippen molar-refractivity contribution in [3.8, 4) is 0 Å². The Bertz CT molecular complexity index is 601. The Labute approximate surface area is 123 Å². The predicted octanol–water partition coefficient (Wildman–Crippen LogP) is 4.55. The normalized spacial score (nSPS) is 10.9. The molecule has 106 valence electrons. The molecule has 0 saturated carbocycles. The third-order valence-corrected chi connectivity index (χ3v) is 3.41. The summed E-state index contributed by atoms with van der Waals surface area (Å²) < 4.78 is 14.0. The SMILES string of the molecule is CCN(c1ccccc1F)c1ncnc(Cl)c1C(C)C. The van der Waals surface area contributed by atoms with Crippen molar-refractivity contribution in [3.63, 3.8) is 0 Å². The summed E-state index contributed by atoms with van der Waals surface area (Å²) in [5, 5.41) is 0.416. The van der Waals surface area contributed by atoms with Crippen molar-refractivity contribution < 1.29 is 4.39 Å². The summed E-state index contributed by atoms with van der Waals surface area (Å²) in [7, 11) is 0. The predicted molar refractivity (Wildman–Crippen MR) is 80.2 cm³/mol. The second-order valence-electron chi connectivity index (χ2n) is 4.75. The van der Waals surface area contributed by atoms with Crippen LogP contribution in [0.4, 0.5) is 15.9 Å². The van der Waals surface area contributed by atoms with Crippen molar-refractivity contribution in [3.05, 3.63) is 47.1 Å². The number of aromatic nitrogens is 2. The zero-order valence-electron chi connectivity index (χ0n) is 11.8. The minimum atomic E-state index is -0.279. The van der Waals surface area contributed by atoms with E-state index in [1.54, 1.807) is 18.2 Å². The van der Waals surface area contributed by atoms with E-state index in [1.165, 1.54) is 12.4 Å². The maximum Gasteiger partial charge on any atom is 0.146 e. The Balaban J connectivity index is 2.59. The van der Waals surface area contributed by atoms with Crippen molar-refractivity contribution in [2.24, 2.45) is 0 Å². The molecule has 0 unspecified atom stereocenters. The second kappa shape index (κ2) is 6.18. The highest BCUT2D eigenvalue weighted by atomic mass is 35.5. The summed E-state index contributed by atoms with van der Waals surface area (Å²) in [4.78, 5) is 10.2. The number of anilines is 2. The molecule has 20 heavy (non-hydrogen) atoms. The van der Waals surface area contributed by atoms with Gasteiger partial charge in [0, 0.05) is 12.1 Å². The van der Waals surface area contributed by atoms with Gasteiger partial charge in [0.1, 0.15) is 23.1 Å². The van der Waals surface area contributed by atoms with Gasteiger partial charge < -0.3 is 4.90 Å². The van der Waals surface area contributed by atoms with E-state index in [4.69, 9.17) is 11.6 Å². The highest BCUT2D eigenvalue weighted by Gasteiger charge is 2.20. The van der Waals surface area contributed by atoms with E-state index in [9.17, 15) is 4.39 Å². The highest BCUT2D eigenvalue weighted by Crippen LogP contribution is 2.35. The Morgan fingerprint density at radius 2 is 1.95 bits per heavy atom. The van der Waals surface area contributed by atoms with Gasteiger partial charge in [0.2, 0.25) is 0 Å². The largest absolute Gasteiger partial charge is 0.324 e. The van der Waals surface area contributed by atoms with Gasteiger partial charge >= 0.3 is 0 Å². The maximum atomic E-state index is 14.0. The van der Waals surface area contributed by atoms with Crippen LogP contribution in [0.5, 0.6) is 0 Å². The molecule has 0 bridgehead atoms. The molecule has 2 aromatic rings. The van der Waals surface area contributed by atoms with Gasteiger partial charge in [-0.25, -0.2) is 14.4 Å². The van der Waals surface area contributed by atoms with Crippen LogP contribution in [-0.4, -0.2) is 16.5 Å². The van der Waals surface area contributed by atoms with E-state index in [0.29, 0.717) is 23.2 Å². The van der Waals surface area contributed by atoms with Gasteiger partial charge in [-0.2, -0.15) is 0 Å².